The van der Waals surface area contributed by atoms with Crippen LogP contribution in [0.2, 0.25) is 0 Å². The van der Waals surface area contributed by atoms with Crippen LogP contribution in [0, 0.1) is 10.1 Å². The van der Waals surface area contributed by atoms with Crippen LogP contribution >= 0.6 is 0 Å². The summed E-state index contributed by atoms with van der Waals surface area (Å²) in [6.45, 7) is -0.0299. The van der Waals surface area contributed by atoms with Gasteiger partial charge in [-0.3, -0.25) is 14.9 Å². The molecule has 0 fully saturated rings. The third kappa shape index (κ3) is 3.79. The van der Waals surface area contributed by atoms with Crippen LogP contribution in [0.4, 0.5) is 5.69 Å². The summed E-state index contributed by atoms with van der Waals surface area (Å²) in [4.78, 5) is 21.4. The van der Waals surface area contributed by atoms with Crippen molar-refractivity contribution in [3.8, 4) is 11.5 Å². The van der Waals surface area contributed by atoms with E-state index in [-0.39, 0.29) is 12.3 Å². The van der Waals surface area contributed by atoms with E-state index in [0.29, 0.717) is 22.6 Å². The normalized spacial score (nSPS) is 11.6. The van der Waals surface area contributed by atoms with Crippen molar-refractivity contribution in [2.45, 2.75) is 12.6 Å². The van der Waals surface area contributed by atoms with E-state index in [1.54, 1.807) is 18.2 Å². The molecule has 0 heterocycles. The molecule has 126 valence electrons. The molecule has 2 aromatic rings. The monoisotopic (exact) mass is 332 g/mol. The number of benzene rings is 2. The van der Waals surface area contributed by atoms with Crippen molar-refractivity contribution >= 4 is 11.7 Å². The summed E-state index contributed by atoms with van der Waals surface area (Å²) in [7, 11) is 1.41. The molecule has 0 unspecified atom stereocenters. The number of hydrogen-bond donors (Lipinski definition) is 2. The predicted octanol–water partition coefficient (Wildman–Crippen LogP) is 2.27. The zero-order valence-electron chi connectivity index (χ0n) is 12.8. The van der Waals surface area contributed by atoms with E-state index < -0.39 is 16.9 Å². The van der Waals surface area contributed by atoms with E-state index >= 15 is 0 Å². The van der Waals surface area contributed by atoms with Crippen molar-refractivity contribution in [2.75, 3.05) is 7.11 Å². The summed E-state index contributed by atoms with van der Waals surface area (Å²) < 4.78 is 10.8. The zero-order valence-corrected chi connectivity index (χ0v) is 12.8. The van der Waals surface area contributed by atoms with E-state index in [4.69, 9.17) is 20.3 Å². The molecule has 3 N–H and O–H groups in total. The van der Waals surface area contributed by atoms with Crippen LogP contribution in [0.15, 0.2) is 42.5 Å². The predicted molar refractivity (Wildman–Crippen MR) is 85.0 cm³/mol. The fourth-order valence-corrected chi connectivity index (χ4v) is 2.11. The first kappa shape index (κ1) is 17.2. The maximum atomic E-state index is 11.0. The summed E-state index contributed by atoms with van der Waals surface area (Å²) in [6, 6.07) is 9.56. The number of carboxylic acid groups (broad SMARTS) is 1. The number of nitrogens with zero attached hydrogens (tertiary/aromatic N) is 1. The largest absolute Gasteiger partial charge is 0.493 e. The quantitative estimate of drug-likeness (QED) is 0.588. The van der Waals surface area contributed by atoms with Crippen molar-refractivity contribution in [1.29, 1.82) is 0 Å². The van der Waals surface area contributed by atoms with E-state index in [0.717, 1.165) is 0 Å². The summed E-state index contributed by atoms with van der Waals surface area (Å²) in [5, 5.41) is 19.9. The van der Waals surface area contributed by atoms with Gasteiger partial charge >= 0.3 is 5.97 Å². The van der Waals surface area contributed by atoms with E-state index in [1.165, 1.54) is 31.4 Å². The second kappa shape index (κ2) is 7.42. The Hall–Kier alpha value is -3.13. The Kier molecular flexibility index (Phi) is 5.33. The number of nitro benzene ring substituents is 1. The molecule has 0 saturated carbocycles. The average molecular weight is 332 g/mol. The maximum absolute atomic E-state index is 11.0. The molecule has 2 aromatic carbocycles. The lowest BCUT2D eigenvalue weighted by molar-refractivity contribution is -0.385. The van der Waals surface area contributed by atoms with Gasteiger partial charge in [0.15, 0.2) is 11.5 Å². The first-order valence-electron chi connectivity index (χ1n) is 6.95. The van der Waals surface area contributed by atoms with Gasteiger partial charge in [0.05, 0.1) is 17.6 Å². The number of nitro groups is 1. The van der Waals surface area contributed by atoms with Gasteiger partial charge in [-0.15, -0.1) is 0 Å². The van der Waals surface area contributed by atoms with Gasteiger partial charge in [0.2, 0.25) is 0 Å². The first-order chi connectivity index (χ1) is 11.4. The van der Waals surface area contributed by atoms with E-state index in [1.807, 2.05) is 0 Å². The number of nitrogens with two attached hydrogens (primary N) is 1. The topological polar surface area (TPSA) is 125 Å². The molecule has 0 amide bonds. The highest BCUT2D eigenvalue weighted by Crippen LogP contribution is 2.31. The lowest BCUT2D eigenvalue weighted by Gasteiger charge is -2.14. The smallest absolute Gasteiger partial charge is 0.325 e. The van der Waals surface area contributed by atoms with Crippen LogP contribution in [0.5, 0.6) is 11.5 Å². The van der Waals surface area contributed by atoms with Gasteiger partial charge < -0.3 is 20.3 Å². The molecule has 0 bridgehead atoms. The Morgan fingerprint density at radius 1 is 1.29 bits per heavy atom. The highest BCUT2D eigenvalue weighted by molar-refractivity contribution is 5.75. The number of methoxy groups -OCH3 is 1. The van der Waals surface area contributed by atoms with Gasteiger partial charge in [-0.1, -0.05) is 18.2 Å². The minimum absolute atomic E-state index is 0.0299. The van der Waals surface area contributed by atoms with Gasteiger partial charge in [-0.05, 0) is 23.8 Å². The molecule has 0 spiro atoms. The molecule has 8 nitrogen and oxygen atoms in total. The minimum Gasteiger partial charge on any atom is -0.493 e. The average Bonchev–Trinajstić information content (AvgIpc) is 2.59. The Morgan fingerprint density at radius 3 is 2.62 bits per heavy atom. The Balaban J connectivity index is 2.22. The minimum atomic E-state index is -1.18. The molecule has 0 saturated heterocycles. The maximum Gasteiger partial charge on any atom is 0.325 e. The van der Waals surface area contributed by atoms with E-state index in [9.17, 15) is 14.9 Å². The van der Waals surface area contributed by atoms with Crippen molar-refractivity contribution < 1.29 is 24.3 Å². The molecule has 0 aliphatic heterocycles. The molecule has 1 atom stereocenters. The molecule has 0 aromatic heterocycles. The second-order valence-corrected chi connectivity index (χ2v) is 4.90. The SMILES string of the molecule is COc1cc([C@H](N)C(=O)O)ccc1OCc1ccccc1[N+](=O)[O-]. The zero-order chi connectivity index (χ0) is 17.7. The number of carboxylic acids is 1. The second-order valence-electron chi connectivity index (χ2n) is 4.90. The van der Waals surface area contributed by atoms with Crippen LogP contribution in [-0.4, -0.2) is 23.1 Å². The van der Waals surface area contributed by atoms with Crippen molar-refractivity contribution in [3.63, 3.8) is 0 Å². The first-order valence-corrected chi connectivity index (χ1v) is 6.95. The number of para-hydroxylation sites is 1. The Labute approximate surface area is 137 Å². The van der Waals surface area contributed by atoms with Gasteiger partial charge in [0, 0.05) is 6.07 Å². The van der Waals surface area contributed by atoms with Crippen LogP contribution in [0.25, 0.3) is 0 Å². The fourth-order valence-electron chi connectivity index (χ4n) is 2.11. The third-order valence-corrected chi connectivity index (χ3v) is 3.38. The van der Waals surface area contributed by atoms with Crippen LogP contribution in [0.3, 0.4) is 0 Å². The van der Waals surface area contributed by atoms with Gasteiger partial charge in [-0.2, -0.15) is 0 Å². The van der Waals surface area contributed by atoms with Gasteiger partial charge in [-0.25, -0.2) is 0 Å². The standard InChI is InChI=1S/C16H16N2O6/c1-23-14-8-10(15(17)16(19)20)6-7-13(14)24-9-11-4-2-3-5-12(11)18(21)22/h2-8,15H,9,17H2,1H3,(H,19,20)/t15-/m0/s1. The molecular formula is C16H16N2O6. The number of ether oxygens (including phenoxy) is 2. The fraction of sp³-hybridized carbons (Fsp3) is 0.188. The summed E-state index contributed by atoms with van der Waals surface area (Å²) >= 11 is 0. The summed E-state index contributed by atoms with van der Waals surface area (Å²) in [6.07, 6.45) is 0. The molecule has 0 aliphatic carbocycles. The van der Waals surface area contributed by atoms with Gasteiger partial charge in [0.1, 0.15) is 12.6 Å². The van der Waals surface area contributed by atoms with Crippen LogP contribution in [-0.2, 0) is 11.4 Å². The summed E-state index contributed by atoms with van der Waals surface area (Å²) in [5.74, 6) is -0.537. The molecule has 2 rings (SSSR count). The van der Waals surface area contributed by atoms with E-state index in [2.05, 4.69) is 0 Å². The Bertz CT molecular complexity index is 762. The highest BCUT2D eigenvalue weighted by atomic mass is 16.6. The van der Waals surface area contributed by atoms with Crippen LogP contribution < -0.4 is 15.2 Å². The number of rotatable bonds is 7. The van der Waals surface area contributed by atoms with Crippen LogP contribution in [0.1, 0.15) is 17.2 Å². The van der Waals surface area contributed by atoms with Crippen molar-refractivity contribution in [1.82, 2.24) is 0 Å². The number of carbonyl (C=O) groups is 1. The lowest BCUT2D eigenvalue weighted by Crippen LogP contribution is -2.20. The molecular weight excluding hydrogens is 316 g/mol. The molecule has 0 aliphatic rings. The number of hydrogen-bond acceptors (Lipinski definition) is 6. The highest BCUT2D eigenvalue weighted by Gasteiger charge is 2.18. The molecule has 24 heavy (non-hydrogen) atoms. The number of aliphatic carboxylic acids is 1. The Morgan fingerprint density at radius 2 is 2.00 bits per heavy atom. The lowest BCUT2D eigenvalue weighted by atomic mass is 10.1. The van der Waals surface area contributed by atoms with Crippen molar-refractivity contribution in [3.05, 3.63) is 63.7 Å². The summed E-state index contributed by atoms with van der Waals surface area (Å²) in [5.41, 5.74) is 6.29. The van der Waals surface area contributed by atoms with Crippen molar-refractivity contribution in [2.24, 2.45) is 5.73 Å². The van der Waals surface area contributed by atoms with Gasteiger partial charge in [0.25, 0.3) is 5.69 Å². The third-order valence-electron chi connectivity index (χ3n) is 3.38. The molecule has 8 heteroatoms. The molecule has 0 radical (unpaired) electrons.